The van der Waals surface area contributed by atoms with Crippen molar-refractivity contribution < 1.29 is 36.9 Å². The van der Waals surface area contributed by atoms with E-state index in [1.54, 1.807) is 23.1 Å². The van der Waals surface area contributed by atoms with E-state index in [2.05, 4.69) is 25.9 Å². The van der Waals surface area contributed by atoms with Gasteiger partial charge in [0.05, 0.1) is 0 Å². The highest BCUT2D eigenvalue weighted by Crippen LogP contribution is 2.43. The van der Waals surface area contributed by atoms with Crippen molar-refractivity contribution in [3.63, 3.8) is 0 Å². The van der Waals surface area contributed by atoms with Crippen LogP contribution in [0.5, 0.6) is 0 Å². The third-order valence-electron chi connectivity index (χ3n) is 6.00. The van der Waals surface area contributed by atoms with Crippen LogP contribution in [0.4, 0.5) is 18.0 Å². The van der Waals surface area contributed by atoms with Gasteiger partial charge in [-0.1, -0.05) is 64.9 Å². The summed E-state index contributed by atoms with van der Waals surface area (Å²) in [5.41, 5.74) is -0.713. The molecule has 39 heavy (non-hydrogen) atoms. The van der Waals surface area contributed by atoms with E-state index in [0.29, 0.717) is 25.2 Å². The van der Waals surface area contributed by atoms with Crippen LogP contribution < -0.4 is 10.6 Å². The Bertz CT molecular complexity index is 1470. The first kappa shape index (κ1) is 25.9. The van der Waals surface area contributed by atoms with E-state index in [9.17, 15) is 27.9 Å². The lowest BCUT2D eigenvalue weighted by atomic mass is 10.1. The minimum Gasteiger partial charge on any atom is -0.378 e. The van der Waals surface area contributed by atoms with Crippen molar-refractivity contribution in [2.24, 2.45) is 0 Å². The van der Waals surface area contributed by atoms with E-state index in [-0.39, 0.29) is 29.5 Å². The molecule has 5 rings (SSSR count). The second-order valence-electron chi connectivity index (χ2n) is 8.56. The number of carbonyl (C=O) groups is 2. The van der Waals surface area contributed by atoms with E-state index in [4.69, 9.17) is 9.05 Å². The lowest BCUT2D eigenvalue weighted by Crippen LogP contribution is -2.38. The molecule has 0 bridgehead atoms. The van der Waals surface area contributed by atoms with Gasteiger partial charge in [0.2, 0.25) is 11.6 Å². The lowest BCUT2D eigenvalue weighted by molar-refractivity contribution is -0.137. The predicted molar refractivity (Wildman–Crippen MR) is 129 cm³/mol. The zero-order valence-corrected chi connectivity index (χ0v) is 20.1. The number of nitrogens with zero attached hydrogens (tertiary/aromatic N) is 4. The Morgan fingerprint density at radius 3 is 2.49 bits per heavy atom. The Morgan fingerprint density at radius 1 is 1.08 bits per heavy atom. The number of hydrogen-bond donors (Lipinski definition) is 3. The van der Waals surface area contributed by atoms with E-state index >= 15 is 0 Å². The Kier molecular flexibility index (Phi) is 7.02. The molecular formula is C25H21F3N6O5. The van der Waals surface area contributed by atoms with Gasteiger partial charge in [-0.05, 0) is 5.56 Å². The Hall–Kier alpha value is -4.72. The average Bonchev–Trinajstić information content (AvgIpc) is 3.68. The largest absolute Gasteiger partial charge is 0.422 e. The number of hydrogen-bond acceptors (Lipinski definition) is 8. The molecule has 3 N–H and O–H groups in total. The summed E-state index contributed by atoms with van der Waals surface area (Å²) in [7, 11) is 0. The van der Waals surface area contributed by atoms with Crippen LogP contribution in [-0.2, 0) is 11.0 Å². The number of halogens is 3. The van der Waals surface area contributed by atoms with Crippen molar-refractivity contribution in [3.8, 4) is 34.3 Å². The molecule has 1 aliphatic heterocycles. The van der Waals surface area contributed by atoms with Gasteiger partial charge in [0.1, 0.15) is 11.3 Å². The number of amides is 3. The summed E-state index contributed by atoms with van der Waals surface area (Å²) in [6.07, 6.45) is -6.29. The fourth-order valence-electron chi connectivity index (χ4n) is 4.03. The summed E-state index contributed by atoms with van der Waals surface area (Å²) in [5.74, 6) is -1.91. The van der Waals surface area contributed by atoms with Gasteiger partial charge >= 0.3 is 12.2 Å². The molecule has 1 fully saturated rings. The Morgan fingerprint density at radius 2 is 1.82 bits per heavy atom. The maximum absolute atomic E-state index is 13.9. The summed E-state index contributed by atoms with van der Waals surface area (Å²) in [6, 6.07) is 13.4. The highest BCUT2D eigenvalue weighted by atomic mass is 19.4. The molecule has 4 aromatic rings. The number of aliphatic hydroxyl groups is 1. The lowest BCUT2D eigenvalue weighted by Gasteiger charge is -2.16. The van der Waals surface area contributed by atoms with Crippen LogP contribution in [0, 0.1) is 0 Å². The van der Waals surface area contributed by atoms with Crippen molar-refractivity contribution in [1.29, 1.82) is 0 Å². The SMILES string of the molecule is O=C(NCCN1CCNC1=O)[C@H](O)c1ccc(-c2noc(-c3onc(-c4ccccc4)c3C(F)(F)F)n2)cc1. The number of benzene rings is 2. The fraction of sp³-hybridized carbons (Fsp3) is 0.240. The number of rotatable bonds is 8. The monoisotopic (exact) mass is 542 g/mol. The zero-order chi connectivity index (χ0) is 27.6. The molecule has 1 atom stereocenters. The predicted octanol–water partition coefficient (Wildman–Crippen LogP) is 3.25. The first-order valence-corrected chi connectivity index (χ1v) is 11.8. The molecule has 0 radical (unpaired) electrons. The molecule has 1 aliphatic rings. The van der Waals surface area contributed by atoms with Crippen molar-refractivity contribution >= 4 is 11.9 Å². The summed E-state index contributed by atoms with van der Waals surface area (Å²) in [4.78, 5) is 29.4. The number of nitrogens with one attached hydrogen (secondary N) is 2. The average molecular weight is 542 g/mol. The van der Waals surface area contributed by atoms with Gasteiger partial charge in [-0.15, -0.1) is 0 Å². The molecule has 2 aromatic heterocycles. The van der Waals surface area contributed by atoms with Crippen molar-refractivity contribution in [1.82, 2.24) is 30.8 Å². The van der Waals surface area contributed by atoms with Crippen LogP contribution in [-0.4, -0.2) is 63.4 Å². The van der Waals surface area contributed by atoms with Crippen LogP contribution in [0.1, 0.15) is 17.2 Å². The molecule has 0 saturated carbocycles. The quantitative estimate of drug-likeness (QED) is 0.308. The maximum atomic E-state index is 13.9. The topological polar surface area (TPSA) is 147 Å². The molecule has 14 heteroatoms. The number of urea groups is 1. The van der Waals surface area contributed by atoms with Gasteiger partial charge in [-0.2, -0.15) is 18.2 Å². The minimum atomic E-state index is -4.81. The molecule has 3 amide bonds. The van der Waals surface area contributed by atoms with Crippen LogP contribution >= 0.6 is 0 Å². The third-order valence-corrected chi connectivity index (χ3v) is 6.00. The van der Waals surface area contributed by atoms with Crippen molar-refractivity contribution in [3.05, 3.63) is 65.7 Å². The number of aromatic nitrogens is 3. The van der Waals surface area contributed by atoms with Crippen LogP contribution in [0.25, 0.3) is 34.3 Å². The zero-order valence-electron chi connectivity index (χ0n) is 20.1. The van der Waals surface area contributed by atoms with Crippen molar-refractivity contribution in [2.75, 3.05) is 26.2 Å². The third kappa shape index (κ3) is 5.45. The Balaban J connectivity index is 1.29. The molecular weight excluding hydrogens is 521 g/mol. The van der Waals surface area contributed by atoms with Crippen molar-refractivity contribution in [2.45, 2.75) is 12.3 Å². The van der Waals surface area contributed by atoms with E-state index in [0.717, 1.165) is 0 Å². The smallest absolute Gasteiger partial charge is 0.378 e. The molecule has 2 aromatic carbocycles. The highest BCUT2D eigenvalue weighted by molar-refractivity contribution is 5.82. The minimum absolute atomic E-state index is 0.0369. The van der Waals surface area contributed by atoms with E-state index in [1.807, 2.05) is 0 Å². The van der Waals surface area contributed by atoms with E-state index < -0.39 is 41.1 Å². The summed E-state index contributed by atoms with van der Waals surface area (Å²) >= 11 is 0. The highest BCUT2D eigenvalue weighted by Gasteiger charge is 2.43. The van der Waals surface area contributed by atoms with Gasteiger partial charge in [-0.25, -0.2) is 4.79 Å². The molecule has 0 unspecified atom stereocenters. The first-order valence-electron chi connectivity index (χ1n) is 11.8. The fourth-order valence-corrected chi connectivity index (χ4v) is 4.03. The molecule has 11 nitrogen and oxygen atoms in total. The van der Waals surface area contributed by atoms with Crippen LogP contribution in [0.15, 0.2) is 63.6 Å². The maximum Gasteiger partial charge on any atom is 0.422 e. The first-order chi connectivity index (χ1) is 18.7. The summed E-state index contributed by atoms with van der Waals surface area (Å²) in [6.45, 7) is 1.55. The number of carbonyl (C=O) groups excluding carboxylic acids is 2. The van der Waals surface area contributed by atoms with E-state index in [1.165, 1.54) is 36.4 Å². The standard InChI is InChI=1S/C25H21F3N6O5/c26-25(27,28)17-18(14-4-2-1-3-5-14)32-38-20(17)23-31-21(33-39-23)16-8-6-15(7-9-16)19(35)22(36)29-10-12-34-13-11-30-24(34)37/h1-9,19,35H,10-13H2,(H,29,36)(H,30,37)/t19-/m1/s1. The second-order valence-corrected chi connectivity index (χ2v) is 8.56. The molecule has 0 aliphatic carbocycles. The molecule has 3 heterocycles. The number of alkyl halides is 3. The van der Waals surface area contributed by atoms with Gasteiger partial charge in [-0.3, -0.25) is 4.79 Å². The van der Waals surface area contributed by atoms with Gasteiger partial charge in [0.15, 0.2) is 6.10 Å². The summed E-state index contributed by atoms with van der Waals surface area (Å²) in [5, 5.41) is 22.9. The van der Waals surface area contributed by atoms with Crippen LogP contribution in [0.2, 0.25) is 0 Å². The normalized spacial score (nSPS) is 14.4. The molecule has 1 saturated heterocycles. The van der Waals surface area contributed by atoms with Crippen LogP contribution in [0.3, 0.4) is 0 Å². The van der Waals surface area contributed by atoms with Gasteiger partial charge < -0.3 is 29.7 Å². The Labute approximate surface area is 218 Å². The molecule has 202 valence electrons. The number of aliphatic hydroxyl groups excluding tert-OH is 1. The summed E-state index contributed by atoms with van der Waals surface area (Å²) < 4.78 is 51.9. The molecule has 0 spiro atoms. The van der Waals surface area contributed by atoms with Gasteiger partial charge in [0, 0.05) is 37.3 Å². The van der Waals surface area contributed by atoms with Gasteiger partial charge in [0.25, 0.3) is 11.8 Å². The second kappa shape index (κ2) is 10.6.